The number of halogens is 1. The summed E-state index contributed by atoms with van der Waals surface area (Å²) in [5.41, 5.74) is 7.45. The Kier molecular flexibility index (Phi) is 5.45. The van der Waals surface area contributed by atoms with Gasteiger partial charge in [-0.1, -0.05) is 17.7 Å². The molecule has 3 rings (SSSR count). The van der Waals surface area contributed by atoms with E-state index < -0.39 is 0 Å². The monoisotopic (exact) mass is 363 g/mol. The molecule has 2 heterocycles. The van der Waals surface area contributed by atoms with E-state index >= 15 is 0 Å². The van der Waals surface area contributed by atoms with Crippen LogP contribution < -0.4 is 20.7 Å². The number of hydrogen-bond acceptors (Lipinski definition) is 7. The Morgan fingerprint density at radius 2 is 2.32 bits per heavy atom. The maximum atomic E-state index is 9.48. The maximum absolute atomic E-state index is 9.48. The number of aliphatic hydroxyl groups is 1. The number of rotatable bonds is 6. The van der Waals surface area contributed by atoms with Crippen molar-refractivity contribution in [1.82, 2.24) is 9.97 Å². The molecule has 1 aromatic heterocycles. The predicted molar refractivity (Wildman–Crippen MR) is 99.2 cm³/mol. The lowest BCUT2D eigenvalue weighted by Gasteiger charge is -2.23. The van der Waals surface area contributed by atoms with Crippen molar-refractivity contribution < 1.29 is 9.84 Å². The largest absolute Gasteiger partial charge is 0.495 e. The van der Waals surface area contributed by atoms with Gasteiger partial charge in [0.05, 0.1) is 36.7 Å². The fraction of sp³-hybridized carbons (Fsp3) is 0.412. The third-order valence-corrected chi connectivity index (χ3v) is 4.62. The van der Waals surface area contributed by atoms with Crippen LogP contribution in [0.2, 0.25) is 5.02 Å². The van der Waals surface area contributed by atoms with Crippen LogP contribution in [0.1, 0.15) is 18.4 Å². The Hall–Kier alpha value is -2.25. The number of anilines is 3. The normalized spacial score (nSPS) is 16.9. The van der Waals surface area contributed by atoms with Crippen LogP contribution in [0.25, 0.3) is 0 Å². The zero-order valence-corrected chi connectivity index (χ0v) is 14.8. The highest BCUT2D eigenvalue weighted by Crippen LogP contribution is 2.27. The van der Waals surface area contributed by atoms with Crippen molar-refractivity contribution in [1.29, 1.82) is 0 Å². The maximum Gasteiger partial charge on any atom is 0.227 e. The molecule has 0 spiro atoms. The van der Waals surface area contributed by atoms with E-state index in [2.05, 4.69) is 15.3 Å². The van der Waals surface area contributed by atoms with Gasteiger partial charge in [0, 0.05) is 13.1 Å². The second-order valence-corrected chi connectivity index (χ2v) is 6.38. The minimum atomic E-state index is 0.0665. The molecule has 1 atom stereocenters. The number of nitrogens with one attached hydrogen (secondary N) is 1. The van der Waals surface area contributed by atoms with Crippen molar-refractivity contribution in [2.75, 3.05) is 36.2 Å². The first-order valence-electron chi connectivity index (χ1n) is 8.18. The third kappa shape index (κ3) is 3.88. The second-order valence-electron chi connectivity index (χ2n) is 5.97. The van der Waals surface area contributed by atoms with Crippen LogP contribution in [0, 0.1) is 0 Å². The van der Waals surface area contributed by atoms with Crippen LogP contribution in [0.4, 0.5) is 17.5 Å². The van der Waals surface area contributed by atoms with Crippen LogP contribution in [0.5, 0.6) is 5.75 Å². The van der Waals surface area contributed by atoms with Gasteiger partial charge in [0.15, 0.2) is 5.82 Å². The molecular weight excluding hydrogens is 342 g/mol. The average molecular weight is 364 g/mol. The number of hydrogen-bond donors (Lipinski definition) is 3. The summed E-state index contributed by atoms with van der Waals surface area (Å²) in [5, 5.41) is 13.3. The molecule has 8 heteroatoms. The first kappa shape index (κ1) is 17.6. The van der Waals surface area contributed by atoms with Crippen molar-refractivity contribution >= 4 is 29.1 Å². The summed E-state index contributed by atoms with van der Waals surface area (Å²) in [4.78, 5) is 10.9. The number of benzene rings is 1. The standard InChI is InChI=1S/C17H22ClN5O2/c1-25-15-5-4-11(7-13(15)18)8-20-16-14(19)9-21-17(22-16)23-6-2-3-12(23)10-24/h4-5,7,9,12,24H,2-3,6,8,10,19H2,1H3,(H,20,21,22)/t12-/m0/s1. The van der Waals surface area contributed by atoms with Crippen molar-refractivity contribution in [3.8, 4) is 5.75 Å². The fourth-order valence-corrected chi connectivity index (χ4v) is 3.24. The molecule has 1 aliphatic heterocycles. The lowest BCUT2D eigenvalue weighted by molar-refractivity contribution is 0.265. The zero-order valence-electron chi connectivity index (χ0n) is 14.1. The Labute approximate surface area is 151 Å². The Morgan fingerprint density at radius 3 is 3.04 bits per heavy atom. The van der Waals surface area contributed by atoms with Crippen molar-refractivity contribution in [3.63, 3.8) is 0 Å². The van der Waals surface area contributed by atoms with Gasteiger partial charge in [-0.2, -0.15) is 4.98 Å². The number of nitrogen functional groups attached to an aromatic ring is 1. The molecule has 0 radical (unpaired) electrons. The highest BCUT2D eigenvalue weighted by Gasteiger charge is 2.26. The second kappa shape index (κ2) is 7.76. The quantitative estimate of drug-likeness (QED) is 0.724. The van der Waals surface area contributed by atoms with Crippen LogP contribution in [-0.2, 0) is 6.54 Å². The van der Waals surface area contributed by atoms with E-state index in [1.54, 1.807) is 13.3 Å². The highest BCUT2D eigenvalue weighted by molar-refractivity contribution is 6.32. The summed E-state index contributed by atoms with van der Waals surface area (Å²) in [6.07, 6.45) is 3.56. The van der Waals surface area contributed by atoms with E-state index in [0.717, 1.165) is 24.9 Å². The lowest BCUT2D eigenvalue weighted by atomic mass is 10.2. The topological polar surface area (TPSA) is 96.5 Å². The van der Waals surface area contributed by atoms with Crippen molar-refractivity contribution in [2.45, 2.75) is 25.4 Å². The molecular formula is C17H22ClN5O2. The van der Waals surface area contributed by atoms with Crippen LogP contribution in [0.15, 0.2) is 24.4 Å². The Bertz CT molecular complexity index is 743. The van der Waals surface area contributed by atoms with Crippen LogP contribution in [-0.4, -0.2) is 41.4 Å². The lowest BCUT2D eigenvalue weighted by Crippen LogP contribution is -2.33. The molecule has 2 aromatic rings. The molecule has 1 saturated heterocycles. The Morgan fingerprint density at radius 1 is 1.48 bits per heavy atom. The molecule has 4 N–H and O–H groups in total. The number of aliphatic hydroxyl groups excluding tert-OH is 1. The summed E-state index contributed by atoms with van der Waals surface area (Å²) in [5.74, 6) is 1.79. The molecule has 1 aromatic carbocycles. The van der Waals surface area contributed by atoms with Crippen molar-refractivity contribution in [3.05, 3.63) is 35.0 Å². The summed E-state index contributed by atoms with van der Waals surface area (Å²) < 4.78 is 5.16. The van der Waals surface area contributed by atoms with E-state index in [4.69, 9.17) is 22.1 Å². The molecule has 25 heavy (non-hydrogen) atoms. The van der Waals surface area contributed by atoms with E-state index in [-0.39, 0.29) is 12.6 Å². The molecule has 134 valence electrons. The first-order chi connectivity index (χ1) is 12.1. The first-order valence-corrected chi connectivity index (χ1v) is 8.56. The number of methoxy groups -OCH3 is 1. The average Bonchev–Trinajstić information content (AvgIpc) is 3.10. The van der Waals surface area contributed by atoms with Gasteiger partial charge >= 0.3 is 0 Å². The van der Waals surface area contributed by atoms with Gasteiger partial charge in [-0.25, -0.2) is 4.98 Å². The SMILES string of the molecule is COc1ccc(CNc2nc(N3CCC[C@H]3CO)ncc2N)cc1Cl. The molecule has 0 saturated carbocycles. The highest BCUT2D eigenvalue weighted by atomic mass is 35.5. The Balaban J connectivity index is 1.74. The van der Waals surface area contributed by atoms with Gasteiger partial charge in [0.2, 0.25) is 5.95 Å². The predicted octanol–water partition coefficient (Wildman–Crippen LogP) is 2.29. The van der Waals surface area contributed by atoms with E-state index in [9.17, 15) is 5.11 Å². The molecule has 1 fully saturated rings. The molecule has 7 nitrogen and oxygen atoms in total. The van der Waals surface area contributed by atoms with Gasteiger partial charge in [-0.15, -0.1) is 0 Å². The van der Waals surface area contributed by atoms with Crippen LogP contribution in [0.3, 0.4) is 0 Å². The molecule has 0 amide bonds. The van der Waals surface area contributed by atoms with Gasteiger partial charge in [-0.3, -0.25) is 0 Å². The van der Waals surface area contributed by atoms with Gasteiger partial charge < -0.3 is 25.8 Å². The van der Waals surface area contributed by atoms with E-state index in [0.29, 0.717) is 34.8 Å². The van der Waals surface area contributed by atoms with Crippen LogP contribution >= 0.6 is 11.6 Å². The summed E-state index contributed by atoms with van der Waals surface area (Å²) in [7, 11) is 1.58. The summed E-state index contributed by atoms with van der Waals surface area (Å²) >= 11 is 6.15. The number of ether oxygens (including phenoxy) is 1. The summed E-state index contributed by atoms with van der Waals surface area (Å²) in [6, 6.07) is 5.66. The minimum Gasteiger partial charge on any atom is -0.495 e. The summed E-state index contributed by atoms with van der Waals surface area (Å²) in [6.45, 7) is 1.46. The van der Waals surface area contributed by atoms with E-state index in [1.165, 1.54) is 0 Å². The number of aromatic nitrogens is 2. The van der Waals surface area contributed by atoms with E-state index in [1.807, 2.05) is 23.1 Å². The van der Waals surface area contributed by atoms with Gasteiger partial charge in [0.25, 0.3) is 0 Å². The number of nitrogens with zero attached hydrogens (tertiary/aromatic N) is 3. The minimum absolute atomic E-state index is 0.0665. The molecule has 0 bridgehead atoms. The van der Waals surface area contributed by atoms with Gasteiger partial charge in [-0.05, 0) is 30.5 Å². The van der Waals surface area contributed by atoms with Gasteiger partial charge in [0.1, 0.15) is 5.75 Å². The number of nitrogens with two attached hydrogens (primary N) is 1. The fourth-order valence-electron chi connectivity index (χ4n) is 2.96. The molecule has 0 unspecified atom stereocenters. The van der Waals surface area contributed by atoms with Crippen molar-refractivity contribution in [2.24, 2.45) is 0 Å². The molecule has 0 aliphatic carbocycles. The zero-order chi connectivity index (χ0) is 17.8. The third-order valence-electron chi connectivity index (χ3n) is 4.33. The molecule has 1 aliphatic rings. The smallest absolute Gasteiger partial charge is 0.227 e.